The lowest BCUT2D eigenvalue weighted by molar-refractivity contribution is 0.190. The highest BCUT2D eigenvalue weighted by Gasteiger charge is 2.34. The van der Waals surface area contributed by atoms with Crippen molar-refractivity contribution < 1.29 is 0 Å². The molecule has 1 aromatic carbocycles. The van der Waals surface area contributed by atoms with E-state index in [9.17, 15) is 0 Å². The van der Waals surface area contributed by atoms with Crippen LogP contribution in [0.15, 0.2) is 23.2 Å². The monoisotopic (exact) mass is 341 g/mol. The highest BCUT2D eigenvalue weighted by atomic mass is 14.8. The molecule has 0 aliphatic heterocycles. The smallest absolute Gasteiger partial charge is 0.0695 e. The van der Waals surface area contributed by atoms with Gasteiger partial charge in [-0.25, -0.2) is 0 Å². The maximum absolute atomic E-state index is 5.20. The molecule has 2 rings (SSSR count). The molecular formula is C24H39N. The van der Waals surface area contributed by atoms with Crippen LogP contribution < -0.4 is 0 Å². The van der Waals surface area contributed by atoms with Gasteiger partial charge in [-0.1, -0.05) is 85.9 Å². The Kier molecular flexibility index (Phi) is 6.51. The van der Waals surface area contributed by atoms with Crippen molar-refractivity contribution in [3.05, 3.63) is 29.3 Å². The molecule has 1 aliphatic carbocycles. The minimum absolute atomic E-state index is 0.287. The summed E-state index contributed by atoms with van der Waals surface area (Å²) in [6, 6.07) is 6.73. The number of nitrogens with zero attached hydrogens (tertiary/aromatic N) is 1. The summed E-state index contributed by atoms with van der Waals surface area (Å²) in [6.45, 7) is 16.2. The normalized spacial score (nSPS) is 18.4. The van der Waals surface area contributed by atoms with E-state index in [1.165, 1.54) is 55.3 Å². The molecule has 0 unspecified atom stereocenters. The first kappa shape index (κ1) is 20.2. The molecule has 0 bridgehead atoms. The molecule has 0 N–H and O–H groups in total. The molecule has 0 radical (unpaired) electrons. The molecule has 0 saturated heterocycles. The van der Waals surface area contributed by atoms with Crippen molar-refractivity contribution in [3.63, 3.8) is 0 Å². The molecule has 140 valence electrons. The number of benzene rings is 1. The zero-order valence-corrected chi connectivity index (χ0v) is 17.7. The Labute approximate surface area is 156 Å². The maximum Gasteiger partial charge on any atom is 0.0695 e. The lowest BCUT2D eigenvalue weighted by Crippen LogP contribution is -2.31. The van der Waals surface area contributed by atoms with Crippen LogP contribution in [0.2, 0.25) is 0 Å². The van der Waals surface area contributed by atoms with Gasteiger partial charge in [0, 0.05) is 11.6 Å². The summed E-state index contributed by atoms with van der Waals surface area (Å²) in [5.74, 6) is 1.02. The van der Waals surface area contributed by atoms with E-state index in [1.54, 1.807) is 0 Å². The third kappa shape index (κ3) is 5.43. The number of aliphatic imine (C=N–C) groups is 1. The van der Waals surface area contributed by atoms with E-state index in [4.69, 9.17) is 4.99 Å². The standard InChI is InChI=1S/C24H39N/c1-18(2)20-12-11-13-21(19(3)4)22(20)25-17-24(16-23(5,6)7)14-9-8-10-15-24/h11-13,17-19H,8-10,14-16H2,1-7H3. The zero-order chi connectivity index (χ0) is 18.7. The van der Waals surface area contributed by atoms with Gasteiger partial charge in [-0.15, -0.1) is 0 Å². The summed E-state index contributed by atoms with van der Waals surface area (Å²) in [7, 11) is 0. The van der Waals surface area contributed by atoms with Gasteiger partial charge in [0.1, 0.15) is 0 Å². The summed E-state index contributed by atoms with van der Waals surface area (Å²) in [4.78, 5) is 5.20. The Morgan fingerprint density at radius 1 is 0.960 bits per heavy atom. The second kappa shape index (κ2) is 8.06. The van der Waals surface area contributed by atoms with Gasteiger partial charge in [0.25, 0.3) is 0 Å². The minimum atomic E-state index is 0.287. The molecule has 0 heterocycles. The van der Waals surface area contributed by atoms with Crippen molar-refractivity contribution in [2.24, 2.45) is 15.8 Å². The summed E-state index contributed by atoms with van der Waals surface area (Å²) in [6.07, 6.45) is 10.3. The van der Waals surface area contributed by atoms with Crippen LogP contribution in [0.25, 0.3) is 0 Å². The van der Waals surface area contributed by atoms with Crippen molar-refractivity contribution in [3.8, 4) is 0 Å². The molecule has 1 heteroatoms. The van der Waals surface area contributed by atoms with Crippen LogP contribution in [0.1, 0.15) is 110 Å². The third-order valence-corrected chi connectivity index (χ3v) is 5.54. The summed E-state index contributed by atoms with van der Waals surface area (Å²) in [5.41, 5.74) is 4.66. The Balaban J connectivity index is 2.44. The SMILES string of the molecule is CC(C)c1cccc(C(C)C)c1N=CC1(CC(C)(C)C)CCCCC1. The number of hydrogen-bond acceptors (Lipinski definition) is 1. The highest BCUT2D eigenvalue weighted by Crippen LogP contribution is 2.44. The number of rotatable bonds is 5. The quantitative estimate of drug-likeness (QED) is 0.481. The van der Waals surface area contributed by atoms with Crippen LogP contribution >= 0.6 is 0 Å². The van der Waals surface area contributed by atoms with Gasteiger partial charge in [-0.2, -0.15) is 0 Å². The fourth-order valence-electron chi connectivity index (χ4n) is 4.53. The van der Waals surface area contributed by atoms with Gasteiger partial charge in [-0.3, -0.25) is 4.99 Å². The van der Waals surface area contributed by atoms with Crippen LogP contribution in [0.5, 0.6) is 0 Å². The maximum atomic E-state index is 5.20. The zero-order valence-electron chi connectivity index (χ0n) is 17.7. The van der Waals surface area contributed by atoms with Gasteiger partial charge in [0.15, 0.2) is 0 Å². The highest BCUT2D eigenvalue weighted by molar-refractivity contribution is 5.73. The van der Waals surface area contributed by atoms with Gasteiger partial charge >= 0.3 is 0 Å². The van der Waals surface area contributed by atoms with E-state index in [2.05, 4.69) is 72.9 Å². The fourth-order valence-corrected chi connectivity index (χ4v) is 4.53. The number of para-hydroxylation sites is 1. The Morgan fingerprint density at radius 2 is 1.48 bits per heavy atom. The van der Waals surface area contributed by atoms with Gasteiger partial charge < -0.3 is 0 Å². The second-order valence-electron chi connectivity index (χ2n) is 10.0. The average Bonchev–Trinajstić information content (AvgIpc) is 2.51. The van der Waals surface area contributed by atoms with E-state index >= 15 is 0 Å². The summed E-state index contributed by atoms with van der Waals surface area (Å²) in [5, 5.41) is 0. The van der Waals surface area contributed by atoms with Crippen molar-refractivity contribution >= 4 is 11.9 Å². The van der Waals surface area contributed by atoms with Crippen LogP contribution in [-0.2, 0) is 0 Å². The lowest BCUT2D eigenvalue weighted by Gasteiger charge is -2.39. The van der Waals surface area contributed by atoms with Crippen molar-refractivity contribution in [2.45, 2.75) is 98.8 Å². The molecule has 1 aromatic rings. The van der Waals surface area contributed by atoms with Crippen LogP contribution in [0, 0.1) is 10.8 Å². The first-order valence-electron chi connectivity index (χ1n) is 10.3. The van der Waals surface area contributed by atoms with Crippen molar-refractivity contribution in [1.82, 2.24) is 0 Å². The molecule has 25 heavy (non-hydrogen) atoms. The predicted molar refractivity (Wildman–Crippen MR) is 112 cm³/mol. The molecule has 1 nitrogen and oxygen atoms in total. The molecule has 0 atom stereocenters. The Bertz CT molecular complexity index is 554. The van der Waals surface area contributed by atoms with E-state index in [1.807, 2.05) is 0 Å². The molecule has 0 aromatic heterocycles. The molecular weight excluding hydrogens is 302 g/mol. The molecule has 1 saturated carbocycles. The van der Waals surface area contributed by atoms with Crippen molar-refractivity contribution in [2.75, 3.05) is 0 Å². The summed E-state index contributed by atoms with van der Waals surface area (Å²) >= 11 is 0. The van der Waals surface area contributed by atoms with E-state index in [-0.39, 0.29) is 5.41 Å². The van der Waals surface area contributed by atoms with E-state index in [0.717, 1.165) is 0 Å². The van der Waals surface area contributed by atoms with Crippen molar-refractivity contribution in [1.29, 1.82) is 0 Å². The molecule has 0 amide bonds. The van der Waals surface area contributed by atoms with Gasteiger partial charge in [0.05, 0.1) is 5.69 Å². The molecule has 0 spiro atoms. The Morgan fingerprint density at radius 3 is 1.92 bits per heavy atom. The predicted octanol–water partition coefficient (Wildman–Crippen LogP) is 8.02. The molecule has 1 fully saturated rings. The van der Waals surface area contributed by atoms with Gasteiger partial charge in [0.2, 0.25) is 0 Å². The first-order valence-corrected chi connectivity index (χ1v) is 10.3. The second-order valence-corrected chi connectivity index (χ2v) is 10.0. The third-order valence-electron chi connectivity index (χ3n) is 5.54. The Hall–Kier alpha value is -1.11. The first-order chi connectivity index (χ1) is 11.6. The lowest BCUT2D eigenvalue weighted by atomic mass is 9.66. The van der Waals surface area contributed by atoms with Crippen LogP contribution in [0.3, 0.4) is 0 Å². The topological polar surface area (TPSA) is 12.4 Å². The average molecular weight is 342 g/mol. The van der Waals surface area contributed by atoms with E-state index < -0.39 is 0 Å². The van der Waals surface area contributed by atoms with Gasteiger partial charge in [-0.05, 0) is 47.6 Å². The van der Waals surface area contributed by atoms with Crippen LogP contribution in [-0.4, -0.2) is 6.21 Å². The fraction of sp³-hybridized carbons (Fsp3) is 0.708. The largest absolute Gasteiger partial charge is 0.260 e. The summed E-state index contributed by atoms with van der Waals surface area (Å²) < 4.78 is 0. The minimum Gasteiger partial charge on any atom is -0.260 e. The van der Waals surface area contributed by atoms with Crippen LogP contribution in [0.4, 0.5) is 5.69 Å². The molecule has 1 aliphatic rings. The number of hydrogen-bond donors (Lipinski definition) is 0. The van der Waals surface area contributed by atoms with E-state index in [0.29, 0.717) is 17.3 Å².